The SMILES string of the molecule is CN1CCN(c2ccc(NC(=O)CC3(c4ccncc4)NC=CS3)c(C#N)c2)CC1. The van der Waals surface area contributed by atoms with Gasteiger partial charge in [0.15, 0.2) is 0 Å². The van der Waals surface area contributed by atoms with Crippen molar-refractivity contribution >= 4 is 29.0 Å². The Labute approximate surface area is 180 Å². The zero-order valence-corrected chi connectivity index (χ0v) is 17.7. The van der Waals surface area contributed by atoms with E-state index >= 15 is 0 Å². The summed E-state index contributed by atoms with van der Waals surface area (Å²) in [5.74, 6) is -0.153. The van der Waals surface area contributed by atoms with Gasteiger partial charge in [-0.15, -0.1) is 0 Å². The largest absolute Gasteiger partial charge is 0.372 e. The highest BCUT2D eigenvalue weighted by molar-refractivity contribution is 8.03. The molecule has 154 valence electrons. The third-order valence-corrected chi connectivity index (χ3v) is 6.65. The number of rotatable bonds is 5. The lowest BCUT2D eigenvalue weighted by Crippen LogP contribution is -2.44. The second kappa shape index (κ2) is 8.78. The normalized spacial score (nSPS) is 21.1. The average Bonchev–Trinajstić information content (AvgIpc) is 3.25. The molecule has 0 bridgehead atoms. The monoisotopic (exact) mass is 420 g/mol. The van der Waals surface area contributed by atoms with E-state index in [4.69, 9.17) is 0 Å². The van der Waals surface area contributed by atoms with Crippen molar-refractivity contribution in [3.63, 3.8) is 0 Å². The minimum Gasteiger partial charge on any atom is -0.372 e. The number of thioether (sulfide) groups is 1. The molecule has 8 heteroatoms. The van der Waals surface area contributed by atoms with Crippen LogP contribution >= 0.6 is 11.8 Å². The summed E-state index contributed by atoms with van der Waals surface area (Å²) in [6.45, 7) is 3.85. The molecule has 3 heterocycles. The molecular weight excluding hydrogens is 396 g/mol. The van der Waals surface area contributed by atoms with E-state index in [9.17, 15) is 10.1 Å². The van der Waals surface area contributed by atoms with Gasteiger partial charge in [0.05, 0.1) is 17.7 Å². The average molecular weight is 421 g/mol. The van der Waals surface area contributed by atoms with Crippen LogP contribution in [0, 0.1) is 11.3 Å². The molecular formula is C22H24N6OS. The van der Waals surface area contributed by atoms with E-state index in [1.807, 2.05) is 41.9 Å². The smallest absolute Gasteiger partial charge is 0.228 e. The zero-order valence-electron chi connectivity index (χ0n) is 16.8. The zero-order chi connectivity index (χ0) is 21.0. The Kier molecular flexibility index (Phi) is 5.93. The van der Waals surface area contributed by atoms with Crippen LogP contribution in [0.5, 0.6) is 0 Å². The van der Waals surface area contributed by atoms with Crippen molar-refractivity contribution < 1.29 is 4.79 Å². The number of hydrogen-bond acceptors (Lipinski definition) is 7. The Hall–Kier alpha value is -3.02. The molecule has 1 unspecified atom stereocenters. The van der Waals surface area contributed by atoms with E-state index in [-0.39, 0.29) is 12.3 Å². The van der Waals surface area contributed by atoms with Crippen molar-refractivity contribution in [2.24, 2.45) is 0 Å². The number of aromatic nitrogens is 1. The van der Waals surface area contributed by atoms with Gasteiger partial charge < -0.3 is 20.4 Å². The Balaban J connectivity index is 1.48. The van der Waals surface area contributed by atoms with E-state index in [1.165, 1.54) is 0 Å². The number of hydrogen-bond donors (Lipinski definition) is 2. The van der Waals surface area contributed by atoms with Gasteiger partial charge in [0.2, 0.25) is 5.91 Å². The number of nitrogens with zero attached hydrogens (tertiary/aromatic N) is 4. The van der Waals surface area contributed by atoms with Crippen molar-refractivity contribution in [3.05, 3.63) is 65.5 Å². The van der Waals surface area contributed by atoms with E-state index in [0.717, 1.165) is 37.4 Å². The van der Waals surface area contributed by atoms with Crippen LogP contribution in [0.4, 0.5) is 11.4 Å². The lowest BCUT2D eigenvalue weighted by molar-refractivity contribution is -0.116. The van der Waals surface area contributed by atoms with Crippen LogP contribution in [-0.4, -0.2) is 49.0 Å². The van der Waals surface area contributed by atoms with Crippen molar-refractivity contribution in [1.29, 1.82) is 5.26 Å². The highest BCUT2D eigenvalue weighted by Crippen LogP contribution is 2.41. The van der Waals surface area contributed by atoms with Gasteiger partial charge in [-0.05, 0) is 48.4 Å². The third kappa shape index (κ3) is 4.27. The molecule has 1 saturated heterocycles. The second-order valence-electron chi connectivity index (χ2n) is 7.48. The number of likely N-dealkylation sites (N-methyl/N-ethyl adjacent to an activating group) is 1. The first-order valence-electron chi connectivity index (χ1n) is 9.88. The Bertz CT molecular complexity index is 971. The summed E-state index contributed by atoms with van der Waals surface area (Å²) in [6.07, 6.45) is 5.52. The molecule has 0 aliphatic carbocycles. The summed E-state index contributed by atoms with van der Waals surface area (Å²) < 4.78 is 0. The molecule has 1 atom stereocenters. The third-order valence-electron chi connectivity index (χ3n) is 5.48. The fraction of sp³-hybridized carbons (Fsp3) is 0.318. The Morgan fingerprint density at radius 3 is 2.70 bits per heavy atom. The fourth-order valence-corrected chi connectivity index (χ4v) is 4.73. The molecule has 1 aromatic carbocycles. The van der Waals surface area contributed by atoms with E-state index in [1.54, 1.807) is 24.2 Å². The van der Waals surface area contributed by atoms with Gasteiger partial charge in [-0.3, -0.25) is 9.78 Å². The van der Waals surface area contributed by atoms with Gasteiger partial charge in [0.25, 0.3) is 0 Å². The Morgan fingerprint density at radius 2 is 2.03 bits per heavy atom. The molecule has 4 rings (SSSR count). The number of pyridine rings is 1. The maximum absolute atomic E-state index is 12.9. The van der Waals surface area contributed by atoms with Gasteiger partial charge in [0.1, 0.15) is 10.9 Å². The highest BCUT2D eigenvalue weighted by atomic mass is 32.2. The number of nitrogens with one attached hydrogen (secondary N) is 2. The minimum atomic E-state index is -0.570. The molecule has 1 aromatic heterocycles. The summed E-state index contributed by atoms with van der Waals surface area (Å²) >= 11 is 1.56. The molecule has 2 aliphatic heterocycles. The predicted octanol–water partition coefficient (Wildman–Crippen LogP) is 2.69. The quantitative estimate of drug-likeness (QED) is 0.769. The number of piperazine rings is 1. The van der Waals surface area contributed by atoms with Crippen molar-refractivity contribution in [3.8, 4) is 6.07 Å². The summed E-state index contributed by atoms with van der Waals surface area (Å²) in [7, 11) is 2.11. The molecule has 1 amide bonds. The fourth-order valence-electron chi connectivity index (χ4n) is 3.74. The Morgan fingerprint density at radius 1 is 1.27 bits per heavy atom. The van der Waals surface area contributed by atoms with Crippen LogP contribution in [0.2, 0.25) is 0 Å². The highest BCUT2D eigenvalue weighted by Gasteiger charge is 2.36. The van der Waals surface area contributed by atoms with Crippen LogP contribution in [0.15, 0.2) is 54.3 Å². The van der Waals surface area contributed by atoms with Crippen molar-refractivity contribution in [2.75, 3.05) is 43.4 Å². The van der Waals surface area contributed by atoms with Crippen molar-refractivity contribution in [1.82, 2.24) is 15.2 Å². The maximum atomic E-state index is 12.9. The first-order valence-corrected chi connectivity index (χ1v) is 10.8. The number of carbonyl (C=O) groups excluding carboxylic acids is 1. The van der Waals surface area contributed by atoms with E-state index < -0.39 is 4.87 Å². The maximum Gasteiger partial charge on any atom is 0.228 e. The van der Waals surface area contributed by atoms with E-state index in [2.05, 4.69) is 38.5 Å². The van der Waals surface area contributed by atoms with Gasteiger partial charge >= 0.3 is 0 Å². The summed E-state index contributed by atoms with van der Waals surface area (Å²) in [5.41, 5.74) is 3.01. The van der Waals surface area contributed by atoms with Crippen molar-refractivity contribution in [2.45, 2.75) is 11.3 Å². The lowest BCUT2D eigenvalue weighted by Gasteiger charge is -2.34. The van der Waals surface area contributed by atoms with Crippen LogP contribution in [-0.2, 0) is 9.67 Å². The second-order valence-corrected chi connectivity index (χ2v) is 8.69. The molecule has 2 aromatic rings. The number of carbonyl (C=O) groups is 1. The number of benzene rings is 1. The standard InChI is InChI=1S/C22H24N6OS/c1-27-9-11-28(12-10-27)19-2-3-20(17(14-19)16-23)26-21(29)15-22(25-8-13-30-22)18-4-6-24-7-5-18/h2-8,13-14,25H,9-12,15H2,1H3,(H,26,29). The molecule has 2 N–H and O–H groups in total. The summed E-state index contributed by atoms with van der Waals surface area (Å²) in [6, 6.07) is 11.7. The van der Waals surface area contributed by atoms with Gasteiger partial charge in [-0.25, -0.2) is 0 Å². The van der Waals surface area contributed by atoms with Gasteiger partial charge in [-0.1, -0.05) is 11.8 Å². The topological polar surface area (TPSA) is 84.3 Å². The van der Waals surface area contributed by atoms with Crippen LogP contribution < -0.4 is 15.5 Å². The van der Waals surface area contributed by atoms with Crippen LogP contribution in [0.25, 0.3) is 0 Å². The molecule has 30 heavy (non-hydrogen) atoms. The molecule has 0 radical (unpaired) electrons. The first-order chi connectivity index (χ1) is 14.6. The molecule has 0 saturated carbocycles. The number of anilines is 2. The van der Waals surface area contributed by atoms with E-state index in [0.29, 0.717) is 11.3 Å². The van der Waals surface area contributed by atoms with Gasteiger partial charge in [0, 0.05) is 50.5 Å². The van der Waals surface area contributed by atoms with Gasteiger partial charge in [-0.2, -0.15) is 5.26 Å². The minimum absolute atomic E-state index is 0.153. The summed E-state index contributed by atoms with van der Waals surface area (Å²) in [5, 5.41) is 17.8. The number of amides is 1. The summed E-state index contributed by atoms with van der Waals surface area (Å²) in [4.78, 5) is 21.0. The van der Waals surface area contributed by atoms with Crippen LogP contribution in [0.3, 0.4) is 0 Å². The molecule has 1 fully saturated rings. The van der Waals surface area contributed by atoms with Crippen LogP contribution in [0.1, 0.15) is 17.5 Å². The molecule has 7 nitrogen and oxygen atoms in total. The first kappa shape index (κ1) is 20.3. The number of nitriles is 1. The predicted molar refractivity (Wildman–Crippen MR) is 120 cm³/mol. The lowest BCUT2D eigenvalue weighted by atomic mass is 10.0. The molecule has 0 spiro atoms. The molecule has 2 aliphatic rings.